The number of carboxylic acid groups (broad SMARTS) is 1. The molecule has 0 amide bonds. The maximum Gasteiger partial charge on any atom is 0.326 e. The Morgan fingerprint density at radius 3 is 2.71 bits per heavy atom. The number of rotatable bonds is 6. The smallest absolute Gasteiger partial charge is 0.326 e. The third-order valence-corrected chi connectivity index (χ3v) is 3.65. The Hall–Kier alpha value is -2.96. The Balaban J connectivity index is 2.03. The zero-order valence-electron chi connectivity index (χ0n) is 13.5. The third kappa shape index (κ3) is 3.34. The van der Waals surface area contributed by atoms with E-state index in [1.165, 1.54) is 10.8 Å². The highest BCUT2D eigenvalue weighted by Crippen LogP contribution is 2.22. The fraction of sp³-hybridized carbons (Fsp3) is 0.294. The van der Waals surface area contributed by atoms with Crippen LogP contribution in [0.3, 0.4) is 0 Å². The van der Waals surface area contributed by atoms with Crippen molar-refractivity contribution in [3.8, 4) is 11.3 Å². The van der Waals surface area contributed by atoms with E-state index in [1.54, 1.807) is 6.07 Å². The number of hydrogen-bond acceptors (Lipinski definition) is 5. The number of fused-ring (bicyclic) bond motifs is 1. The minimum atomic E-state index is -0.893. The van der Waals surface area contributed by atoms with Crippen LogP contribution in [0.25, 0.3) is 17.0 Å². The van der Waals surface area contributed by atoms with Crippen LogP contribution in [-0.4, -0.2) is 36.7 Å². The molecule has 24 heavy (non-hydrogen) atoms. The highest BCUT2D eigenvalue weighted by Gasteiger charge is 2.21. The summed E-state index contributed by atoms with van der Waals surface area (Å²) in [4.78, 5) is 20.2. The van der Waals surface area contributed by atoms with Crippen LogP contribution in [0, 0.1) is 5.92 Å². The molecule has 2 aromatic heterocycles. The minimum Gasteiger partial charge on any atom is -0.480 e. The fourth-order valence-electron chi connectivity index (χ4n) is 2.54. The van der Waals surface area contributed by atoms with Crippen molar-refractivity contribution < 1.29 is 9.90 Å². The van der Waals surface area contributed by atoms with Gasteiger partial charge < -0.3 is 10.4 Å². The Kier molecular flexibility index (Phi) is 4.41. The van der Waals surface area contributed by atoms with E-state index in [0.717, 1.165) is 5.56 Å². The Bertz CT molecular complexity index is 845. The van der Waals surface area contributed by atoms with E-state index in [2.05, 4.69) is 20.4 Å². The van der Waals surface area contributed by atoms with Crippen LogP contribution in [0.1, 0.15) is 20.3 Å². The van der Waals surface area contributed by atoms with Gasteiger partial charge in [-0.1, -0.05) is 44.2 Å². The fourth-order valence-corrected chi connectivity index (χ4v) is 2.54. The molecule has 2 heterocycles. The molecule has 2 N–H and O–H groups in total. The summed E-state index contributed by atoms with van der Waals surface area (Å²) in [6.07, 6.45) is 1.91. The second-order valence-electron chi connectivity index (χ2n) is 6.03. The van der Waals surface area contributed by atoms with Crippen molar-refractivity contribution in [2.24, 2.45) is 5.92 Å². The monoisotopic (exact) mass is 325 g/mol. The number of benzene rings is 1. The zero-order chi connectivity index (χ0) is 17.1. The van der Waals surface area contributed by atoms with Crippen LogP contribution in [0.2, 0.25) is 0 Å². The van der Waals surface area contributed by atoms with Crippen molar-refractivity contribution in [2.75, 3.05) is 5.32 Å². The van der Waals surface area contributed by atoms with Gasteiger partial charge in [-0.05, 0) is 12.3 Å². The van der Waals surface area contributed by atoms with Gasteiger partial charge in [-0.25, -0.2) is 9.78 Å². The molecule has 0 bridgehead atoms. The number of aliphatic carboxylic acids is 1. The molecular weight excluding hydrogens is 306 g/mol. The second-order valence-corrected chi connectivity index (χ2v) is 6.03. The van der Waals surface area contributed by atoms with Gasteiger partial charge in [-0.15, -0.1) is 0 Å². The van der Waals surface area contributed by atoms with E-state index in [4.69, 9.17) is 0 Å². The molecule has 7 nitrogen and oxygen atoms in total. The number of carboxylic acids is 1. The molecule has 3 rings (SSSR count). The summed E-state index contributed by atoms with van der Waals surface area (Å²) in [7, 11) is 0. The SMILES string of the molecule is CC(C)C[C@H](Nc1cc(-c2ccccc2)nc2ncnn12)C(=O)O. The highest BCUT2D eigenvalue weighted by atomic mass is 16.4. The summed E-state index contributed by atoms with van der Waals surface area (Å²) in [5, 5.41) is 16.7. The van der Waals surface area contributed by atoms with Gasteiger partial charge in [-0.2, -0.15) is 14.6 Å². The average Bonchev–Trinajstić information content (AvgIpc) is 3.03. The summed E-state index contributed by atoms with van der Waals surface area (Å²) < 4.78 is 1.52. The van der Waals surface area contributed by atoms with Gasteiger partial charge in [0.05, 0.1) is 5.69 Å². The Morgan fingerprint density at radius 1 is 1.29 bits per heavy atom. The van der Waals surface area contributed by atoms with Crippen LogP contribution in [0.4, 0.5) is 5.82 Å². The van der Waals surface area contributed by atoms with Gasteiger partial charge in [-0.3, -0.25) is 0 Å². The third-order valence-electron chi connectivity index (χ3n) is 3.65. The highest BCUT2D eigenvalue weighted by molar-refractivity contribution is 5.77. The van der Waals surface area contributed by atoms with Crippen molar-refractivity contribution in [3.05, 3.63) is 42.7 Å². The summed E-state index contributed by atoms with van der Waals surface area (Å²) in [6, 6.07) is 10.8. The van der Waals surface area contributed by atoms with E-state index in [0.29, 0.717) is 23.7 Å². The van der Waals surface area contributed by atoms with Gasteiger partial charge >= 0.3 is 5.97 Å². The van der Waals surface area contributed by atoms with Crippen LogP contribution in [0.15, 0.2) is 42.7 Å². The number of anilines is 1. The Labute approximate surface area is 139 Å². The molecular formula is C17H19N5O2. The number of carbonyl (C=O) groups is 1. The largest absolute Gasteiger partial charge is 0.480 e. The molecule has 0 aliphatic carbocycles. The molecule has 0 unspecified atom stereocenters. The van der Waals surface area contributed by atoms with E-state index in [-0.39, 0.29) is 5.92 Å². The predicted octanol–water partition coefficient (Wildman–Crippen LogP) is 2.70. The molecule has 0 saturated heterocycles. The van der Waals surface area contributed by atoms with Gasteiger partial charge in [0.1, 0.15) is 18.2 Å². The van der Waals surface area contributed by atoms with E-state index in [9.17, 15) is 9.90 Å². The van der Waals surface area contributed by atoms with Crippen LogP contribution >= 0.6 is 0 Å². The number of hydrogen-bond donors (Lipinski definition) is 2. The van der Waals surface area contributed by atoms with Crippen molar-refractivity contribution >= 4 is 17.6 Å². The summed E-state index contributed by atoms with van der Waals surface area (Å²) in [6.45, 7) is 3.98. The molecule has 1 aromatic carbocycles. The lowest BCUT2D eigenvalue weighted by molar-refractivity contribution is -0.138. The number of nitrogens with one attached hydrogen (secondary N) is 1. The lowest BCUT2D eigenvalue weighted by Crippen LogP contribution is -2.31. The molecule has 0 radical (unpaired) electrons. The quantitative estimate of drug-likeness (QED) is 0.724. The predicted molar refractivity (Wildman–Crippen MR) is 90.7 cm³/mol. The first-order chi connectivity index (χ1) is 11.5. The molecule has 0 aliphatic heterocycles. The van der Waals surface area contributed by atoms with Gasteiger partial charge in [0.25, 0.3) is 5.78 Å². The van der Waals surface area contributed by atoms with Gasteiger partial charge in [0, 0.05) is 11.6 Å². The molecule has 0 fully saturated rings. The lowest BCUT2D eigenvalue weighted by Gasteiger charge is -2.18. The Morgan fingerprint density at radius 2 is 2.04 bits per heavy atom. The van der Waals surface area contributed by atoms with Crippen molar-refractivity contribution in [2.45, 2.75) is 26.3 Å². The molecule has 7 heteroatoms. The summed E-state index contributed by atoms with van der Waals surface area (Å²) in [5.74, 6) is 0.340. The standard InChI is InChI=1S/C17H19N5O2/c1-11(2)8-14(16(23)24)20-15-9-13(12-6-4-3-5-7-12)21-17-18-10-19-22(15)17/h3-7,9-11,14,20H,8H2,1-2H3,(H,23,24)/t14-/m0/s1. The lowest BCUT2D eigenvalue weighted by atomic mass is 10.0. The molecule has 0 aliphatic rings. The molecule has 0 spiro atoms. The minimum absolute atomic E-state index is 0.250. The first-order valence-electron chi connectivity index (χ1n) is 7.80. The number of nitrogens with zero attached hydrogens (tertiary/aromatic N) is 4. The maximum absolute atomic E-state index is 11.5. The van der Waals surface area contributed by atoms with Crippen LogP contribution < -0.4 is 5.32 Å². The van der Waals surface area contributed by atoms with Gasteiger partial charge in [0.15, 0.2) is 0 Å². The first kappa shape index (κ1) is 15.9. The molecule has 0 saturated carbocycles. The van der Waals surface area contributed by atoms with Gasteiger partial charge in [0.2, 0.25) is 0 Å². The first-order valence-corrected chi connectivity index (χ1v) is 7.80. The van der Waals surface area contributed by atoms with Crippen molar-refractivity contribution in [1.82, 2.24) is 19.6 Å². The molecule has 3 aromatic rings. The topological polar surface area (TPSA) is 92.4 Å². The number of aromatic nitrogens is 4. The van der Waals surface area contributed by atoms with Crippen molar-refractivity contribution in [3.63, 3.8) is 0 Å². The van der Waals surface area contributed by atoms with Crippen molar-refractivity contribution in [1.29, 1.82) is 0 Å². The van der Waals surface area contributed by atoms with Crippen LogP contribution in [0.5, 0.6) is 0 Å². The maximum atomic E-state index is 11.5. The second kappa shape index (κ2) is 6.66. The molecule has 124 valence electrons. The van der Waals surface area contributed by atoms with E-state index < -0.39 is 12.0 Å². The van der Waals surface area contributed by atoms with Crippen LogP contribution in [-0.2, 0) is 4.79 Å². The normalized spacial score (nSPS) is 12.5. The summed E-state index contributed by atoms with van der Waals surface area (Å²) >= 11 is 0. The van der Waals surface area contributed by atoms with E-state index >= 15 is 0 Å². The zero-order valence-corrected chi connectivity index (χ0v) is 13.5. The van der Waals surface area contributed by atoms with E-state index in [1.807, 2.05) is 44.2 Å². The average molecular weight is 325 g/mol. The summed E-state index contributed by atoms with van der Waals surface area (Å²) in [5.41, 5.74) is 1.65. The molecule has 1 atom stereocenters.